The summed E-state index contributed by atoms with van der Waals surface area (Å²) in [5, 5.41) is 13.9. The highest BCUT2D eigenvalue weighted by Gasteiger charge is 2.35. The Bertz CT molecular complexity index is 1410. The zero-order valence-corrected chi connectivity index (χ0v) is 22.0. The van der Waals surface area contributed by atoms with Gasteiger partial charge in [-0.1, -0.05) is 25.1 Å². The molecule has 0 saturated carbocycles. The number of tetrazole rings is 1. The van der Waals surface area contributed by atoms with E-state index in [-0.39, 0.29) is 17.1 Å². The standard InChI is InChI=1S/C28H35N7O2/c1-5-28(3,4)35-26(30-31-32-35)25(34-16-14-33(15-17-34)21-10-8-7-9-11-21)23-19-20-18-22(37-6-2)12-13-24(20)29-27(23)36/h7-13,18-19,25H,5-6,14-17H2,1-4H3,(H,29,36). The molecule has 37 heavy (non-hydrogen) atoms. The number of aromatic nitrogens is 5. The third kappa shape index (κ3) is 4.96. The number of benzene rings is 2. The zero-order chi connectivity index (χ0) is 26.0. The Morgan fingerprint density at radius 2 is 1.78 bits per heavy atom. The van der Waals surface area contributed by atoms with Gasteiger partial charge in [0.15, 0.2) is 5.82 Å². The molecule has 0 spiro atoms. The quantitative estimate of drug-likeness (QED) is 0.391. The van der Waals surface area contributed by atoms with Crippen LogP contribution in [0.25, 0.3) is 10.9 Å². The number of aromatic amines is 1. The second kappa shape index (κ2) is 10.3. The van der Waals surface area contributed by atoms with E-state index in [2.05, 4.69) is 75.3 Å². The first kappa shape index (κ1) is 25.0. The second-order valence-electron chi connectivity index (χ2n) is 10.1. The van der Waals surface area contributed by atoms with Crippen LogP contribution in [-0.4, -0.2) is 62.9 Å². The van der Waals surface area contributed by atoms with Crippen molar-refractivity contribution in [1.82, 2.24) is 30.1 Å². The van der Waals surface area contributed by atoms with Crippen molar-refractivity contribution in [3.05, 3.63) is 76.3 Å². The molecule has 3 heterocycles. The van der Waals surface area contributed by atoms with Gasteiger partial charge in [0.2, 0.25) is 0 Å². The van der Waals surface area contributed by atoms with E-state index in [0.29, 0.717) is 18.0 Å². The maximum Gasteiger partial charge on any atom is 0.253 e. The summed E-state index contributed by atoms with van der Waals surface area (Å²) in [4.78, 5) is 21.3. The van der Waals surface area contributed by atoms with Crippen LogP contribution >= 0.6 is 0 Å². The maximum absolute atomic E-state index is 13.5. The Kier molecular flexibility index (Phi) is 6.97. The number of hydrogen-bond donors (Lipinski definition) is 1. The molecule has 1 aliphatic rings. The van der Waals surface area contributed by atoms with Crippen molar-refractivity contribution < 1.29 is 4.74 Å². The number of nitrogens with zero attached hydrogens (tertiary/aromatic N) is 6. The highest BCUT2D eigenvalue weighted by molar-refractivity contribution is 5.80. The molecule has 1 fully saturated rings. The summed E-state index contributed by atoms with van der Waals surface area (Å²) in [5.41, 5.74) is 2.20. The van der Waals surface area contributed by atoms with E-state index in [1.807, 2.05) is 41.9 Å². The predicted molar refractivity (Wildman–Crippen MR) is 145 cm³/mol. The lowest BCUT2D eigenvalue weighted by atomic mass is 9.98. The maximum atomic E-state index is 13.5. The number of H-pyrrole nitrogens is 1. The molecule has 0 bridgehead atoms. The number of piperazine rings is 1. The summed E-state index contributed by atoms with van der Waals surface area (Å²) in [6.45, 7) is 12.1. The van der Waals surface area contributed by atoms with Crippen LogP contribution in [0.4, 0.5) is 5.69 Å². The van der Waals surface area contributed by atoms with Crippen molar-refractivity contribution >= 4 is 16.6 Å². The molecule has 0 aliphatic carbocycles. The van der Waals surface area contributed by atoms with Crippen molar-refractivity contribution in [2.45, 2.75) is 45.7 Å². The Morgan fingerprint density at radius 3 is 2.49 bits per heavy atom. The van der Waals surface area contributed by atoms with Gasteiger partial charge in [0.1, 0.15) is 11.8 Å². The summed E-state index contributed by atoms with van der Waals surface area (Å²) in [5.74, 6) is 1.46. The van der Waals surface area contributed by atoms with Crippen LogP contribution < -0.4 is 15.2 Å². The van der Waals surface area contributed by atoms with Crippen molar-refractivity contribution in [1.29, 1.82) is 0 Å². The monoisotopic (exact) mass is 501 g/mol. The van der Waals surface area contributed by atoms with E-state index in [1.54, 1.807) is 0 Å². The fourth-order valence-electron chi connectivity index (χ4n) is 4.98. The highest BCUT2D eigenvalue weighted by Crippen LogP contribution is 2.32. The van der Waals surface area contributed by atoms with Crippen LogP contribution in [0.2, 0.25) is 0 Å². The average molecular weight is 502 g/mol. The first-order valence-electron chi connectivity index (χ1n) is 13.0. The van der Waals surface area contributed by atoms with E-state index in [1.165, 1.54) is 5.69 Å². The van der Waals surface area contributed by atoms with Crippen LogP contribution in [0.5, 0.6) is 5.75 Å². The normalized spacial score (nSPS) is 15.7. The van der Waals surface area contributed by atoms with Gasteiger partial charge in [-0.25, -0.2) is 4.68 Å². The molecule has 1 atom stereocenters. The van der Waals surface area contributed by atoms with Crippen molar-refractivity contribution in [2.24, 2.45) is 0 Å². The molecule has 9 heteroatoms. The summed E-state index contributed by atoms with van der Waals surface area (Å²) < 4.78 is 7.61. The van der Waals surface area contributed by atoms with Crippen LogP contribution in [-0.2, 0) is 5.54 Å². The number of nitrogens with one attached hydrogen (secondary N) is 1. The van der Waals surface area contributed by atoms with E-state index < -0.39 is 0 Å². The molecule has 1 N–H and O–H groups in total. The molecular weight excluding hydrogens is 466 g/mol. The molecule has 194 valence electrons. The molecule has 1 aliphatic heterocycles. The minimum absolute atomic E-state index is 0.129. The largest absolute Gasteiger partial charge is 0.494 e. The Morgan fingerprint density at radius 1 is 1.03 bits per heavy atom. The third-order valence-corrected chi connectivity index (χ3v) is 7.43. The van der Waals surface area contributed by atoms with Crippen LogP contribution in [0.3, 0.4) is 0 Å². The van der Waals surface area contributed by atoms with Crippen LogP contribution in [0.1, 0.15) is 51.5 Å². The minimum Gasteiger partial charge on any atom is -0.494 e. The zero-order valence-electron chi connectivity index (χ0n) is 22.0. The van der Waals surface area contributed by atoms with Gasteiger partial charge >= 0.3 is 0 Å². The van der Waals surface area contributed by atoms with E-state index in [9.17, 15) is 4.79 Å². The molecule has 2 aromatic carbocycles. The SMILES string of the molecule is CCOc1ccc2[nH]c(=O)c(C(c3nnnn3C(C)(C)CC)N3CCN(c4ccccc4)CC3)cc2c1. The topological polar surface area (TPSA) is 92.2 Å². The fraction of sp³-hybridized carbons (Fsp3) is 0.429. The number of anilines is 1. The van der Waals surface area contributed by atoms with Gasteiger partial charge in [-0.2, -0.15) is 0 Å². The Labute approximate surface area is 217 Å². The molecule has 5 rings (SSSR count). The molecule has 0 amide bonds. The molecule has 2 aromatic heterocycles. The van der Waals surface area contributed by atoms with Gasteiger partial charge in [-0.3, -0.25) is 9.69 Å². The average Bonchev–Trinajstić information content (AvgIpc) is 3.41. The van der Waals surface area contributed by atoms with E-state index in [0.717, 1.165) is 49.3 Å². The summed E-state index contributed by atoms with van der Waals surface area (Å²) >= 11 is 0. The molecule has 1 unspecified atom stereocenters. The molecule has 0 radical (unpaired) electrons. The molecular formula is C28H35N7O2. The van der Waals surface area contributed by atoms with Gasteiger partial charge in [-0.05, 0) is 74.0 Å². The first-order chi connectivity index (χ1) is 17.9. The lowest BCUT2D eigenvalue weighted by Gasteiger charge is -2.40. The number of pyridine rings is 1. The smallest absolute Gasteiger partial charge is 0.253 e. The van der Waals surface area contributed by atoms with E-state index in [4.69, 9.17) is 4.74 Å². The minimum atomic E-state index is -0.386. The second-order valence-corrected chi connectivity index (χ2v) is 10.1. The third-order valence-electron chi connectivity index (χ3n) is 7.43. The van der Waals surface area contributed by atoms with Gasteiger partial charge in [0.05, 0.1) is 12.1 Å². The summed E-state index contributed by atoms with van der Waals surface area (Å²) in [6, 6.07) is 17.8. The van der Waals surface area contributed by atoms with Crippen molar-refractivity contribution in [3.63, 3.8) is 0 Å². The number of hydrogen-bond acceptors (Lipinski definition) is 7. The first-order valence-corrected chi connectivity index (χ1v) is 13.0. The van der Waals surface area contributed by atoms with Crippen molar-refractivity contribution in [2.75, 3.05) is 37.7 Å². The number of rotatable bonds is 8. The molecule has 4 aromatic rings. The van der Waals surface area contributed by atoms with Gasteiger partial charge in [-0.15, -0.1) is 5.10 Å². The number of fused-ring (bicyclic) bond motifs is 1. The molecule has 9 nitrogen and oxygen atoms in total. The molecule has 1 saturated heterocycles. The number of para-hydroxylation sites is 1. The Hall–Kier alpha value is -3.72. The van der Waals surface area contributed by atoms with Gasteiger partial charge in [0.25, 0.3) is 5.56 Å². The summed E-state index contributed by atoms with van der Waals surface area (Å²) in [6.07, 6.45) is 0.853. The van der Waals surface area contributed by atoms with Crippen LogP contribution in [0, 0.1) is 0 Å². The lowest BCUT2D eigenvalue weighted by Crippen LogP contribution is -2.49. The summed E-state index contributed by atoms with van der Waals surface area (Å²) in [7, 11) is 0. The van der Waals surface area contributed by atoms with Crippen LogP contribution in [0.15, 0.2) is 59.4 Å². The predicted octanol–water partition coefficient (Wildman–Crippen LogP) is 3.97. The van der Waals surface area contributed by atoms with Gasteiger partial charge < -0.3 is 14.6 Å². The van der Waals surface area contributed by atoms with E-state index >= 15 is 0 Å². The fourth-order valence-corrected chi connectivity index (χ4v) is 4.98. The highest BCUT2D eigenvalue weighted by atomic mass is 16.5. The van der Waals surface area contributed by atoms with Gasteiger partial charge in [0, 0.05) is 48.3 Å². The number of ether oxygens (including phenoxy) is 1. The Balaban J connectivity index is 1.58. The van der Waals surface area contributed by atoms with Crippen molar-refractivity contribution in [3.8, 4) is 5.75 Å². The lowest BCUT2D eigenvalue weighted by molar-refractivity contribution is 0.186.